The van der Waals surface area contributed by atoms with E-state index < -0.39 is 28.4 Å². The van der Waals surface area contributed by atoms with Crippen molar-refractivity contribution in [3.05, 3.63) is 91.9 Å². The van der Waals surface area contributed by atoms with Gasteiger partial charge in [0.1, 0.15) is 5.76 Å². The van der Waals surface area contributed by atoms with Gasteiger partial charge in [-0.1, -0.05) is 23.7 Å². The number of carbonyl (C=O) groups excluding carboxylic acids is 2. The molecule has 4 rings (SSSR count). The second-order valence-electron chi connectivity index (χ2n) is 6.34. The van der Waals surface area contributed by atoms with Crippen molar-refractivity contribution in [1.29, 1.82) is 0 Å². The quantitative estimate of drug-likeness (QED) is 0.212. The highest BCUT2D eigenvalue weighted by atomic mass is 35.5. The number of anilines is 1. The molecular formula is C20H12ClN3O5S. The number of rotatable bonds is 4. The van der Waals surface area contributed by atoms with E-state index in [2.05, 4.69) is 4.98 Å². The molecule has 0 radical (unpaired) electrons. The fourth-order valence-corrected chi connectivity index (χ4v) is 4.04. The largest absolute Gasteiger partial charge is 0.507 e. The number of thiazole rings is 1. The summed E-state index contributed by atoms with van der Waals surface area (Å²) in [5.74, 6) is -2.19. The van der Waals surface area contributed by atoms with Gasteiger partial charge in [0.05, 0.1) is 16.5 Å². The highest BCUT2D eigenvalue weighted by molar-refractivity contribution is 7.14. The van der Waals surface area contributed by atoms with Gasteiger partial charge >= 0.3 is 5.91 Å². The van der Waals surface area contributed by atoms with Crippen molar-refractivity contribution in [3.63, 3.8) is 0 Å². The lowest BCUT2D eigenvalue weighted by molar-refractivity contribution is -0.384. The molecule has 1 aliphatic rings. The van der Waals surface area contributed by atoms with Gasteiger partial charge in [-0.2, -0.15) is 0 Å². The highest BCUT2D eigenvalue weighted by Crippen LogP contribution is 2.43. The van der Waals surface area contributed by atoms with Crippen molar-refractivity contribution in [2.24, 2.45) is 0 Å². The Hall–Kier alpha value is -3.56. The van der Waals surface area contributed by atoms with E-state index in [1.807, 2.05) is 0 Å². The van der Waals surface area contributed by atoms with Crippen LogP contribution in [0.1, 0.15) is 17.2 Å². The molecule has 10 heteroatoms. The molecule has 150 valence electrons. The number of Topliss-reactive ketones (excluding diaryl/α,β-unsaturated/α-hetero) is 1. The van der Waals surface area contributed by atoms with Crippen molar-refractivity contribution in [2.75, 3.05) is 4.90 Å². The van der Waals surface area contributed by atoms with Gasteiger partial charge in [0.25, 0.3) is 11.5 Å². The van der Waals surface area contributed by atoms with E-state index in [9.17, 15) is 24.8 Å². The van der Waals surface area contributed by atoms with Crippen molar-refractivity contribution >= 4 is 51.2 Å². The van der Waals surface area contributed by atoms with Crippen molar-refractivity contribution in [2.45, 2.75) is 6.04 Å². The third kappa shape index (κ3) is 3.34. The molecule has 0 bridgehead atoms. The Balaban J connectivity index is 1.95. The fraction of sp³-hybridized carbons (Fsp3) is 0.0500. The number of ketones is 1. The van der Waals surface area contributed by atoms with Crippen LogP contribution in [-0.2, 0) is 9.59 Å². The number of hydrogen-bond acceptors (Lipinski definition) is 7. The standard InChI is InChI=1S/C20H12ClN3O5S/c21-13-6-4-11(5-7-13)17(25)15-16(12-2-1-3-14(10-12)24(28)29)23(19(27)18(15)26)20-22-8-9-30-20/h1-10,16,25H/b17-15+. The molecule has 0 spiro atoms. The zero-order valence-corrected chi connectivity index (χ0v) is 16.6. The Labute approximate surface area is 178 Å². The molecule has 0 saturated carbocycles. The first-order valence-electron chi connectivity index (χ1n) is 8.59. The number of benzene rings is 2. The fourth-order valence-electron chi connectivity index (χ4n) is 3.25. The zero-order valence-electron chi connectivity index (χ0n) is 15.1. The normalized spacial score (nSPS) is 18.0. The monoisotopic (exact) mass is 441 g/mol. The van der Waals surface area contributed by atoms with Gasteiger partial charge in [0, 0.05) is 34.3 Å². The highest BCUT2D eigenvalue weighted by Gasteiger charge is 2.48. The van der Waals surface area contributed by atoms with Gasteiger partial charge in [0.15, 0.2) is 5.13 Å². The van der Waals surface area contributed by atoms with E-state index in [4.69, 9.17) is 11.6 Å². The SMILES string of the molecule is O=C1C(=O)N(c2nccs2)C(c2cccc([N+](=O)[O-])c2)/C1=C(\O)c1ccc(Cl)cc1. The Morgan fingerprint density at radius 3 is 2.57 bits per heavy atom. The van der Waals surface area contributed by atoms with Gasteiger partial charge < -0.3 is 5.11 Å². The number of aliphatic hydroxyl groups is 1. The molecule has 1 aliphatic heterocycles. The predicted octanol–water partition coefficient (Wildman–Crippen LogP) is 4.33. The molecule has 30 heavy (non-hydrogen) atoms. The van der Waals surface area contributed by atoms with E-state index in [1.165, 1.54) is 48.7 Å². The summed E-state index contributed by atoms with van der Waals surface area (Å²) in [7, 11) is 0. The Morgan fingerprint density at radius 1 is 1.20 bits per heavy atom. The molecule has 1 amide bonds. The Morgan fingerprint density at radius 2 is 1.93 bits per heavy atom. The van der Waals surface area contributed by atoms with Crippen LogP contribution in [0.3, 0.4) is 0 Å². The smallest absolute Gasteiger partial charge is 0.301 e. The third-order valence-electron chi connectivity index (χ3n) is 4.58. The second kappa shape index (κ2) is 7.69. The maximum atomic E-state index is 12.9. The van der Waals surface area contributed by atoms with Gasteiger partial charge in [-0.15, -0.1) is 11.3 Å². The number of amides is 1. The summed E-state index contributed by atoms with van der Waals surface area (Å²) >= 11 is 7.03. The van der Waals surface area contributed by atoms with E-state index in [0.29, 0.717) is 10.6 Å². The molecule has 1 atom stereocenters. The van der Waals surface area contributed by atoms with Gasteiger partial charge in [0.2, 0.25) is 0 Å². The van der Waals surface area contributed by atoms with Crippen molar-refractivity contribution in [3.8, 4) is 0 Å². The summed E-state index contributed by atoms with van der Waals surface area (Å²) in [5, 5.41) is 24.5. The van der Waals surface area contributed by atoms with Gasteiger partial charge in [-0.05, 0) is 29.8 Å². The molecule has 8 nitrogen and oxygen atoms in total. The van der Waals surface area contributed by atoms with Crippen LogP contribution in [0.5, 0.6) is 0 Å². The number of nitrogens with zero attached hydrogens (tertiary/aromatic N) is 3. The molecule has 1 fully saturated rings. The molecule has 3 aromatic rings. The molecule has 2 heterocycles. The minimum absolute atomic E-state index is 0.182. The van der Waals surface area contributed by atoms with Crippen LogP contribution in [0.15, 0.2) is 65.7 Å². The van der Waals surface area contributed by atoms with E-state index in [0.717, 1.165) is 16.2 Å². The first-order valence-corrected chi connectivity index (χ1v) is 9.85. The predicted molar refractivity (Wildman–Crippen MR) is 111 cm³/mol. The summed E-state index contributed by atoms with van der Waals surface area (Å²) in [4.78, 5) is 41.7. The molecule has 1 aromatic heterocycles. The lowest BCUT2D eigenvalue weighted by atomic mass is 9.95. The van der Waals surface area contributed by atoms with E-state index >= 15 is 0 Å². The van der Waals surface area contributed by atoms with Crippen molar-refractivity contribution in [1.82, 2.24) is 4.98 Å². The van der Waals surface area contributed by atoms with Gasteiger partial charge in [-0.25, -0.2) is 4.98 Å². The lowest BCUT2D eigenvalue weighted by Crippen LogP contribution is -2.29. The van der Waals surface area contributed by atoms with E-state index in [1.54, 1.807) is 11.4 Å². The number of non-ortho nitro benzene ring substituents is 1. The second-order valence-corrected chi connectivity index (χ2v) is 7.65. The average Bonchev–Trinajstić information content (AvgIpc) is 3.35. The first kappa shape index (κ1) is 19.7. The number of hydrogen-bond donors (Lipinski definition) is 1. The number of aromatic nitrogens is 1. The van der Waals surface area contributed by atoms with Crippen molar-refractivity contribution < 1.29 is 19.6 Å². The number of halogens is 1. The molecule has 0 aliphatic carbocycles. The molecule has 1 saturated heterocycles. The van der Waals surface area contributed by atoms with Crippen LogP contribution in [-0.4, -0.2) is 26.7 Å². The maximum Gasteiger partial charge on any atom is 0.301 e. The summed E-state index contributed by atoms with van der Waals surface area (Å²) in [6.45, 7) is 0. The third-order valence-corrected chi connectivity index (χ3v) is 5.61. The summed E-state index contributed by atoms with van der Waals surface area (Å²) in [6.07, 6.45) is 1.48. The number of nitro benzene ring substituents is 1. The van der Waals surface area contributed by atoms with Crippen LogP contribution in [0.2, 0.25) is 5.02 Å². The van der Waals surface area contributed by atoms with E-state index in [-0.39, 0.29) is 22.0 Å². The van der Waals surface area contributed by atoms with Crippen LogP contribution < -0.4 is 4.90 Å². The minimum Gasteiger partial charge on any atom is -0.507 e. The van der Waals surface area contributed by atoms with Crippen LogP contribution >= 0.6 is 22.9 Å². The first-order chi connectivity index (χ1) is 14.4. The Kier molecular flexibility index (Phi) is 5.06. The molecule has 2 aromatic carbocycles. The Bertz CT molecular complexity index is 1190. The minimum atomic E-state index is -1.08. The zero-order chi connectivity index (χ0) is 21.4. The maximum absolute atomic E-state index is 12.9. The average molecular weight is 442 g/mol. The molecule has 1 unspecified atom stereocenters. The summed E-state index contributed by atoms with van der Waals surface area (Å²) < 4.78 is 0. The summed E-state index contributed by atoms with van der Waals surface area (Å²) in [5.41, 5.74) is 0.197. The number of aliphatic hydroxyl groups excluding tert-OH is 1. The van der Waals surface area contributed by atoms with Crippen LogP contribution in [0.4, 0.5) is 10.8 Å². The lowest BCUT2D eigenvalue weighted by Gasteiger charge is -2.22. The number of nitro groups is 1. The van der Waals surface area contributed by atoms with Crippen LogP contribution in [0.25, 0.3) is 5.76 Å². The molecule has 1 N–H and O–H groups in total. The summed E-state index contributed by atoms with van der Waals surface area (Å²) in [6, 6.07) is 10.6. The topological polar surface area (TPSA) is 114 Å². The van der Waals surface area contributed by atoms with Crippen LogP contribution in [0, 0.1) is 10.1 Å². The van der Waals surface area contributed by atoms with Gasteiger partial charge in [-0.3, -0.25) is 24.6 Å². The number of carbonyl (C=O) groups is 2. The molecular weight excluding hydrogens is 430 g/mol.